The molecule has 0 heterocycles. The van der Waals surface area contributed by atoms with Crippen LogP contribution in [0, 0.1) is 0 Å². The van der Waals surface area contributed by atoms with Gasteiger partial charge in [0.1, 0.15) is 17.2 Å². The fourth-order valence-corrected chi connectivity index (χ4v) is 2.53. The van der Waals surface area contributed by atoms with Gasteiger partial charge >= 0.3 is 5.97 Å². The normalized spacial score (nSPS) is 10.4. The van der Waals surface area contributed by atoms with E-state index in [2.05, 4.69) is 0 Å². The van der Waals surface area contributed by atoms with Gasteiger partial charge < -0.3 is 19.3 Å². The minimum Gasteiger partial charge on any atom is -0.496 e. The highest BCUT2D eigenvalue weighted by Crippen LogP contribution is 2.28. The van der Waals surface area contributed by atoms with Crippen LogP contribution in [0.4, 0.5) is 0 Å². The van der Waals surface area contributed by atoms with Crippen molar-refractivity contribution in [3.63, 3.8) is 0 Å². The van der Waals surface area contributed by atoms with Gasteiger partial charge in [0.15, 0.2) is 0 Å². The molecular formula is C18H18Cl2O5. The number of carbonyl (C=O) groups excluding carboxylic acids is 1. The maximum Gasteiger partial charge on any atom is 0.311 e. The van der Waals surface area contributed by atoms with E-state index in [-0.39, 0.29) is 23.8 Å². The van der Waals surface area contributed by atoms with Gasteiger partial charge in [0.25, 0.3) is 0 Å². The van der Waals surface area contributed by atoms with E-state index in [1.165, 1.54) is 13.2 Å². The Morgan fingerprint density at radius 1 is 1.12 bits per heavy atom. The zero-order chi connectivity index (χ0) is 18.2. The third kappa shape index (κ3) is 5.81. The van der Waals surface area contributed by atoms with Gasteiger partial charge in [-0.1, -0.05) is 23.2 Å². The SMILES string of the molecule is COc1cc(OCCCC(=O)Oc2ccc(Cl)cc2Cl)ccc1CO. The number of esters is 1. The molecule has 7 heteroatoms. The Morgan fingerprint density at radius 3 is 2.60 bits per heavy atom. The predicted molar refractivity (Wildman–Crippen MR) is 95.7 cm³/mol. The van der Waals surface area contributed by atoms with E-state index < -0.39 is 5.97 Å². The third-order valence-corrected chi connectivity index (χ3v) is 3.87. The molecular weight excluding hydrogens is 367 g/mol. The molecule has 0 spiro atoms. The lowest BCUT2D eigenvalue weighted by Crippen LogP contribution is -2.10. The fraction of sp³-hybridized carbons (Fsp3) is 0.278. The second-order valence-electron chi connectivity index (χ2n) is 5.13. The summed E-state index contributed by atoms with van der Waals surface area (Å²) in [6, 6.07) is 9.82. The zero-order valence-electron chi connectivity index (χ0n) is 13.6. The topological polar surface area (TPSA) is 65.0 Å². The first kappa shape index (κ1) is 19.4. The molecule has 0 saturated heterocycles. The third-order valence-electron chi connectivity index (χ3n) is 3.34. The minimum atomic E-state index is -0.402. The summed E-state index contributed by atoms with van der Waals surface area (Å²) >= 11 is 11.7. The van der Waals surface area contributed by atoms with Crippen LogP contribution in [-0.4, -0.2) is 24.8 Å². The van der Waals surface area contributed by atoms with Gasteiger partial charge in [-0.2, -0.15) is 0 Å². The molecule has 0 aliphatic heterocycles. The van der Waals surface area contributed by atoms with Gasteiger partial charge in [-0.15, -0.1) is 0 Å². The summed E-state index contributed by atoms with van der Waals surface area (Å²) < 4.78 is 15.9. The largest absolute Gasteiger partial charge is 0.496 e. The van der Waals surface area contributed by atoms with E-state index in [1.807, 2.05) is 0 Å². The van der Waals surface area contributed by atoms with Crippen molar-refractivity contribution in [2.75, 3.05) is 13.7 Å². The summed E-state index contributed by atoms with van der Waals surface area (Å²) in [6.07, 6.45) is 0.666. The molecule has 5 nitrogen and oxygen atoms in total. The Hall–Kier alpha value is -1.95. The minimum absolute atomic E-state index is 0.109. The van der Waals surface area contributed by atoms with Crippen molar-refractivity contribution in [2.24, 2.45) is 0 Å². The quantitative estimate of drug-likeness (QED) is 0.418. The van der Waals surface area contributed by atoms with Gasteiger partial charge in [0.05, 0.1) is 25.3 Å². The van der Waals surface area contributed by atoms with Crippen molar-refractivity contribution < 1.29 is 24.1 Å². The number of carbonyl (C=O) groups is 1. The number of hydrogen-bond donors (Lipinski definition) is 1. The van der Waals surface area contributed by atoms with Crippen molar-refractivity contribution in [2.45, 2.75) is 19.4 Å². The monoisotopic (exact) mass is 384 g/mol. The number of aliphatic hydroxyl groups excluding tert-OH is 1. The molecule has 0 unspecified atom stereocenters. The lowest BCUT2D eigenvalue weighted by Gasteiger charge is -2.10. The molecule has 0 aromatic heterocycles. The Morgan fingerprint density at radius 2 is 1.92 bits per heavy atom. The van der Waals surface area contributed by atoms with Crippen LogP contribution in [0.3, 0.4) is 0 Å². The molecule has 0 saturated carbocycles. The molecule has 25 heavy (non-hydrogen) atoms. The summed E-state index contributed by atoms with van der Waals surface area (Å²) in [5.41, 5.74) is 0.679. The molecule has 2 aromatic rings. The molecule has 0 aliphatic rings. The van der Waals surface area contributed by atoms with Crippen LogP contribution in [0.2, 0.25) is 10.0 Å². The van der Waals surface area contributed by atoms with Gasteiger partial charge in [0.2, 0.25) is 0 Å². The molecule has 0 fully saturated rings. The molecule has 134 valence electrons. The van der Waals surface area contributed by atoms with Crippen molar-refractivity contribution in [3.05, 3.63) is 52.0 Å². The number of benzene rings is 2. The fourth-order valence-electron chi connectivity index (χ4n) is 2.08. The molecule has 0 aliphatic carbocycles. The summed E-state index contributed by atoms with van der Waals surface area (Å²) in [7, 11) is 1.52. The Kier molecular flexibility index (Phi) is 7.37. The summed E-state index contributed by atoms with van der Waals surface area (Å²) in [4.78, 5) is 11.8. The molecule has 2 rings (SSSR count). The second-order valence-corrected chi connectivity index (χ2v) is 5.98. The first-order chi connectivity index (χ1) is 12.0. The van der Waals surface area contributed by atoms with E-state index in [1.54, 1.807) is 30.3 Å². The van der Waals surface area contributed by atoms with Crippen LogP contribution in [0.5, 0.6) is 17.2 Å². The summed E-state index contributed by atoms with van der Waals surface area (Å²) in [5.74, 6) is 1.03. The first-order valence-corrected chi connectivity index (χ1v) is 8.35. The van der Waals surface area contributed by atoms with Crippen molar-refractivity contribution in [1.82, 2.24) is 0 Å². The Balaban J connectivity index is 1.78. The number of halogens is 2. The van der Waals surface area contributed by atoms with Crippen molar-refractivity contribution in [3.8, 4) is 17.2 Å². The van der Waals surface area contributed by atoms with E-state index in [9.17, 15) is 9.90 Å². The standard InChI is InChI=1S/C18H18Cl2O5/c1-23-17-10-14(6-4-12(17)11-21)24-8-2-3-18(22)25-16-7-5-13(19)9-15(16)20/h4-7,9-10,21H,2-3,8,11H2,1H3. The average Bonchev–Trinajstić information content (AvgIpc) is 2.61. The van der Waals surface area contributed by atoms with Gasteiger partial charge in [-0.25, -0.2) is 0 Å². The molecule has 0 radical (unpaired) electrons. The highest BCUT2D eigenvalue weighted by Gasteiger charge is 2.09. The van der Waals surface area contributed by atoms with E-state index in [0.29, 0.717) is 35.1 Å². The Bertz CT molecular complexity index is 733. The van der Waals surface area contributed by atoms with Crippen LogP contribution in [0.15, 0.2) is 36.4 Å². The summed E-state index contributed by atoms with van der Waals surface area (Å²) in [5, 5.41) is 9.94. The number of rotatable bonds is 8. The van der Waals surface area contributed by atoms with E-state index in [0.717, 1.165) is 0 Å². The van der Waals surface area contributed by atoms with Crippen LogP contribution < -0.4 is 14.2 Å². The average molecular weight is 385 g/mol. The van der Waals surface area contributed by atoms with Gasteiger partial charge in [-0.05, 0) is 36.8 Å². The number of methoxy groups -OCH3 is 1. The smallest absolute Gasteiger partial charge is 0.311 e. The zero-order valence-corrected chi connectivity index (χ0v) is 15.1. The summed E-state index contributed by atoms with van der Waals surface area (Å²) in [6.45, 7) is 0.230. The van der Waals surface area contributed by atoms with Crippen molar-refractivity contribution in [1.29, 1.82) is 0 Å². The molecule has 2 aromatic carbocycles. The second kappa shape index (κ2) is 9.51. The van der Waals surface area contributed by atoms with E-state index in [4.69, 9.17) is 37.4 Å². The highest BCUT2D eigenvalue weighted by molar-refractivity contribution is 6.35. The van der Waals surface area contributed by atoms with Gasteiger partial charge in [-0.3, -0.25) is 4.79 Å². The number of ether oxygens (including phenoxy) is 3. The van der Waals surface area contributed by atoms with Gasteiger partial charge in [0, 0.05) is 23.1 Å². The van der Waals surface area contributed by atoms with E-state index >= 15 is 0 Å². The molecule has 0 bridgehead atoms. The lowest BCUT2D eigenvalue weighted by atomic mass is 10.2. The lowest BCUT2D eigenvalue weighted by molar-refractivity contribution is -0.134. The predicted octanol–water partition coefficient (Wildman–Crippen LogP) is 4.26. The molecule has 0 amide bonds. The van der Waals surface area contributed by atoms with Crippen LogP contribution in [0.1, 0.15) is 18.4 Å². The number of hydrogen-bond acceptors (Lipinski definition) is 5. The van der Waals surface area contributed by atoms with Crippen LogP contribution in [-0.2, 0) is 11.4 Å². The molecule has 1 N–H and O–H groups in total. The maximum absolute atomic E-state index is 11.8. The highest BCUT2D eigenvalue weighted by atomic mass is 35.5. The molecule has 0 atom stereocenters. The Labute approximate surface area is 156 Å². The van der Waals surface area contributed by atoms with Crippen LogP contribution >= 0.6 is 23.2 Å². The number of aliphatic hydroxyl groups is 1. The first-order valence-electron chi connectivity index (χ1n) is 7.59. The maximum atomic E-state index is 11.8. The van der Waals surface area contributed by atoms with Crippen molar-refractivity contribution >= 4 is 29.2 Å². The van der Waals surface area contributed by atoms with Crippen LogP contribution in [0.25, 0.3) is 0 Å².